The van der Waals surface area contributed by atoms with E-state index in [9.17, 15) is 0 Å². The Balaban J connectivity index is 1.80. The number of ether oxygens (including phenoxy) is 2. The van der Waals surface area contributed by atoms with Gasteiger partial charge < -0.3 is 9.47 Å². The minimum atomic E-state index is 0.406. The van der Waals surface area contributed by atoms with Crippen molar-refractivity contribution in [1.29, 1.82) is 0 Å². The number of hydrogen-bond acceptors (Lipinski definition) is 3. The van der Waals surface area contributed by atoms with Crippen LogP contribution in [0, 0.1) is 0 Å². The third-order valence-corrected chi connectivity index (χ3v) is 3.62. The molecule has 0 aromatic carbocycles. The summed E-state index contributed by atoms with van der Waals surface area (Å²) in [6.07, 6.45) is 5.60. The predicted octanol–water partition coefficient (Wildman–Crippen LogP) is 2.56. The first-order chi connectivity index (χ1) is 8.24. The highest BCUT2D eigenvalue weighted by atomic mass is 79.9. The lowest BCUT2D eigenvalue weighted by molar-refractivity contribution is 0.0419. The molecule has 2 aliphatic heterocycles. The highest BCUT2D eigenvalue weighted by Crippen LogP contribution is 2.18. The lowest BCUT2D eigenvalue weighted by Gasteiger charge is -2.27. The van der Waals surface area contributed by atoms with Gasteiger partial charge in [-0.05, 0) is 25.7 Å². The summed E-state index contributed by atoms with van der Waals surface area (Å²) in [6.45, 7) is 8.68. The first-order valence-electron chi connectivity index (χ1n) is 6.53. The second-order valence-electron chi connectivity index (χ2n) is 4.98. The highest BCUT2D eigenvalue weighted by Gasteiger charge is 2.23. The minimum absolute atomic E-state index is 0.406. The zero-order valence-electron chi connectivity index (χ0n) is 10.4. The van der Waals surface area contributed by atoms with Crippen LogP contribution in [0.3, 0.4) is 0 Å². The van der Waals surface area contributed by atoms with Crippen molar-refractivity contribution in [3.8, 4) is 0 Å². The van der Waals surface area contributed by atoms with Gasteiger partial charge >= 0.3 is 0 Å². The summed E-state index contributed by atoms with van der Waals surface area (Å²) in [4.78, 5) is 2.41. The first kappa shape index (κ1) is 13.5. The number of hydrogen-bond donors (Lipinski definition) is 0. The Labute approximate surface area is 112 Å². The van der Waals surface area contributed by atoms with Gasteiger partial charge in [-0.25, -0.2) is 0 Å². The van der Waals surface area contributed by atoms with Crippen LogP contribution in [-0.2, 0) is 9.47 Å². The van der Waals surface area contributed by atoms with Crippen molar-refractivity contribution in [2.75, 3.05) is 32.8 Å². The molecule has 2 rings (SSSR count). The van der Waals surface area contributed by atoms with Gasteiger partial charge in [-0.15, -0.1) is 0 Å². The molecule has 0 aromatic heterocycles. The van der Waals surface area contributed by atoms with E-state index < -0.39 is 0 Å². The van der Waals surface area contributed by atoms with Crippen LogP contribution in [0.25, 0.3) is 0 Å². The van der Waals surface area contributed by atoms with Crippen LogP contribution < -0.4 is 0 Å². The molecule has 2 aliphatic rings. The summed E-state index contributed by atoms with van der Waals surface area (Å²) >= 11 is 3.46. The molecule has 0 spiro atoms. The van der Waals surface area contributed by atoms with Crippen LogP contribution in [0.1, 0.15) is 25.7 Å². The third kappa shape index (κ3) is 4.70. The standard InChI is InChI=1S/C13H22BrNO2/c1-11(14)8-15(9-12-4-2-6-16-12)10-13-5-3-7-17-13/h12-13H,1-10H2/t12-,13+. The third-order valence-electron chi connectivity index (χ3n) is 3.37. The molecular formula is C13H22BrNO2. The molecule has 0 saturated carbocycles. The Bertz CT molecular complexity index is 230. The van der Waals surface area contributed by atoms with E-state index in [2.05, 4.69) is 27.4 Å². The van der Waals surface area contributed by atoms with E-state index in [1.807, 2.05) is 0 Å². The molecule has 4 heteroatoms. The second kappa shape index (κ2) is 6.88. The van der Waals surface area contributed by atoms with Crippen molar-refractivity contribution in [2.45, 2.75) is 37.9 Å². The van der Waals surface area contributed by atoms with Gasteiger partial charge in [-0.1, -0.05) is 22.5 Å². The molecule has 0 aliphatic carbocycles. The molecule has 0 N–H and O–H groups in total. The fourth-order valence-corrected chi connectivity index (χ4v) is 2.95. The smallest absolute Gasteiger partial charge is 0.0703 e. The Morgan fingerprint density at radius 3 is 2.00 bits per heavy atom. The van der Waals surface area contributed by atoms with Crippen LogP contribution in [0.15, 0.2) is 11.1 Å². The summed E-state index contributed by atoms with van der Waals surface area (Å²) in [5.41, 5.74) is 0. The molecule has 2 heterocycles. The van der Waals surface area contributed by atoms with Gasteiger partial charge in [0.15, 0.2) is 0 Å². The Kier molecular flexibility index (Phi) is 5.48. The summed E-state index contributed by atoms with van der Waals surface area (Å²) in [6, 6.07) is 0. The van der Waals surface area contributed by atoms with Crippen LogP contribution in [0.5, 0.6) is 0 Å². The zero-order valence-corrected chi connectivity index (χ0v) is 12.0. The highest BCUT2D eigenvalue weighted by molar-refractivity contribution is 9.11. The molecular weight excluding hydrogens is 282 g/mol. The molecule has 17 heavy (non-hydrogen) atoms. The lowest BCUT2D eigenvalue weighted by Crippen LogP contribution is -2.38. The molecule has 2 saturated heterocycles. The van der Waals surface area contributed by atoms with Crippen molar-refractivity contribution in [3.05, 3.63) is 11.1 Å². The topological polar surface area (TPSA) is 21.7 Å². The molecule has 98 valence electrons. The van der Waals surface area contributed by atoms with E-state index in [1.54, 1.807) is 0 Å². The average molecular weight is 304 g/mol. The van der Waals surface area contributed by atoms with Crippen molar-refractivity contribution in [2.24, 2.45) is 0 Å². The molecule has 0 aromatic rings. The molecule has 0 unspecified atom stereocenters. The summed E-state index contributed by atoms with van der Waals surface area (Å²) in [5, 5.41) is 0. The average Bonchev–Trinajstić information content (AvgIpc) is 2.89. The molecule has 0 radical (unpaired) electrons. The number of halogens is 1. The first-order valence-corrected chi connectivity index (χ1v) is 7.32. The maximum Gasteiger partial charge on any atom is 0.0703 e. The van der Waals surface area contributed by atoms with Gasteiger partial charge in [0.25, 0.3) is 0 Å². The fraction of sp³-hybridized carbons (Fsp3) is 0.846. The Hall–Kier alpha value is 0.1000. The lowest BCUT2D eigenvalue weighted by atomic mass is 10.2. The molecule has 3 nitrogen and oxygen atoms in total. The Morgan fingerprint density at radius 2 is 1.65 bits per heavy atom. The normalized spacial score (nSPS) is 29.1. The SMILES string of the molecule is C=C(Br)CN(C[C@H]1CCCO1)C[C@@H]1CCCO1. The van der Waals surface area contributed by atoms with Crippen molar-refractivity contribution in [3.63, 3.8) is 0 Å². The van der Waals surface area contributed by atoms with Crippen LogP contribution >= 0.6 is 15.9 Å². The number of nitrogens with zero attached hydrogens (tertiary/aromatic N) is 1. The van der Waals surface area contributed by atoms with Gasteiger partial charge in [0.05, 0.1) is 12.2 Å². The zero-order chi connectivity index (χ0) is 12.1. The van der Waals surface area contributed by atoms with Crippen LogP contribution in [-0.4, -0.2) is 50.0 Å². The van der Waals surface area contributed by atoms with Gasteiger partial charge in [0.1, 0.15) is 0 Å². The predicted molar refractivity (Wildman–Crippen MR) is 72.5 cm³/mol. The largest absolute Gasteiger partial charge is 0.377 e. The minimum Gasteiger partial charge on any atom is -0.377 e. The van der Waals surface area contributed by atoms with E-state index in [-0.39, 0.29) is 0 Å². The monoisotopic (exact) mass is 303 g/mol. The number of rotatable bonds is 6. The van der Waals surface area contributed by atoms with Crippen molar-refractivity contribution < 1.29 is 9.47 Å². The van der Waals surface area contributed by atoms with Gasteiger partial charge in [0.2, 0.25) is 0 Å². The maximum absolute atomic E-state index is 5.70. The van der Waals surface area contributed by atoms with Gasteiger partial charge in [-0.3, -0.25) is 4.90 Å². The molecule has 2 fully saturated rings. The summed E-state index contributed by atoms with van der Waals surface area (Å²) in [5.74, 6) is 0. The van der Waals surface area contributed by atoms with Crippen molar-refractivity contribution in [1.82, 2.24) is 4.90 Å². The van der Waals surface area contributed by atoms with E-state index >= 15 is 0 Å². The van der Waals surface area contributed by atoms with E-state index in [0.717, 1.165) is 37.3 Å². The van der Waals surface area contributed by atoms with E-state index in [1.165, 1.54) is 25.7 Å². The fourth-order valence-electron chi connectivity index (χ4n) is 2.60. The van der Waals surface area contributed by atoms with Gasteiger partial charge in [-0.2, -0.15) is 0 Å². The molecule has 2 atom stereocenters. The van der Waals surface area contributed by atoms with E-state index in [4.69, 9.17) is 9.47 Å². The van der Waals surface area contributed by atoms with Gasteiger partial charge in [0, 0.05) is 37.3 Å². The summed E-state index contributed by atoms with van der Waals surface area (Å²) in [7, 11) is 0. The maximum atomic E-state index is 5.70. The van der Waals surface area contributed by atoms with Crippen LogP contribution in [0.4, 0.5) is 0 Å². The molecule has 0 amide bonds. The van der Waals surface area contributed by atoms with Crippen molar-refractivity contribution >= 4 is 15.9 Å². The quantitative estimate of drug-likeness (QED) is 0.753. The molecule has 0 bridgehead atoms. The second-order valence-corrected chi connectivity index (χ2v) is 6.10. The van der Waals surface area contributed by atoms with E-state index in [0.29, 0.717) is 12.2 Å². The Morgan fingerprint density at radius 1 is 1.12 bits per heavy atom. The van der Waals surface area contributed by atoms with Crippen LogP contribution in [0.2, 0.25) is 0 Å². The summed E-state index contributed by atoms with van der Waals surface area (Å²) < 4.78 is 12.4.